The van der Waals surface area contributed by atoms with Gasteiger partial charge < -0.3 is 19.7 Å². The molecule has 5 nitrogen and oxygen atoms in total. The largest absolute Gasteiger partial charge is 0.480 e. The van der Waals surface area contributed by atoms with Gasteiger partial charge in [-0.25, -0.2) is 0 Å². The van der Waals surface area contributed by atoms with Crippen LogP contribution < -0.4 is 15.0 Å². The number of ether oxygens (including phenoxy) is 2. The van der Waals surface area contributed by atoms with E-state index in [2.05, 4.69) is 10.3 Å². The number of thiazole rings is 1. The van der Waals surface area contributed by atoms with Crippen molar-refractivity contribution in [3.05, 3.63) is 4.88 Å². The fourth-order valence-electron chi connectivity index (χ4n) is 2.52. The van der Waals surface area contributed by atoms with E-state index in [1.54, 1.807) is 18.4 Å². The summed E-state index contributed by atoms with van der Waals surface area (Å²) >= 11 is 1.66. The highest BCUT2D eigenvalue weighted by molar-refractivity contribution is 7.15. The molecule has 2 rings (SSSR count). The summed E-state index contributed by atoms with van der Waals surface area (Å²) in [5, 5.41) is 4.39. The van der Waals surface area contributed by atoms with Gasteiger partial charge in [-0.1, -0.05) is 30.6 Å². The molecule has 21 heavy (non-hydrogen) atoms. The molecule has 6 heteroatoms. The van der Waals surface area contributed by atoms with Crippen molar-refractivity contribution in [3.63, 3.8) is 0 Å². The van der Waals surface area contributed by atoms with Crippen LogP contribution in [0.3, 0.4) is 0 Å². The van der Waals surface area contributed by atoms with Gasteiger partial charge in [-0.2, -0.15) is 4.98 Å². The Morgan fingerprint density at radius 2 is 2.05 bits per heavy atom. The predicted molar refractivity (Wildman–Crippen MR) is 87.5 cm³/mol. The van der Waals surface area contributed by atoms with Gasteiger partial charge in [0.15, 0.2) is 5.13 Å². The van der Waals surface area contributed by atoms with Crippen LogP contribution in [-0.4, -0.2) is 45.4 Å². The highest BCUT2D eigenvalue weighted by atomic mass is 32.1. The molecule has 0 atom stereocenters. The Labute approximate surface area is 131 Å². The molecule has 1 N–H and O–H groups in total. The molecule has 0 bridgehead atoms. The second-order valence-corrected chi connectivity index (χ2v) is 6.69. The molecule has 1 fully saturated rings. The van der Waals surface area contributed by atoms with Crippen LogP contribution in [0.5, 0.6) is 5.88 Å². The van der Waals surface area contributed by atoms with Gasteiger partial charge in [0.1, 0.15) is 0 Å². The summed E-state index contributed by atoms with van der Waals surface area (Å²) in [6.07, 6.45) is 6.97. The van der Waals surface area contributed by atoms with Gasteiger partial charge in [0.05, 0.1) is 24.7 Å². The molecule has 0 radical (unpaired) electrons. The molecular weight excluding hydrogens is 286 g/mol. The number of rotatable bonds is 8. The molecule has 0 saturated heterocycles. The third kappa shape index (κ3) is 5.13. The molecule has 0 amide bonds. The monoisotopic (exact) mass is 313 g/mol. The fraction of sp³-hybridized carbons (Fsp3) is 0.800. The van der Waals surface area contributed by atoms with Crippen molar-refractivity contribution >= 4 is 16.5 Å². The summed E-state index contributed by atoms with van der Waals surface area (Å²) < 4.78 is 11.2. The zero-order chi connectivity index (χ0) is 15.1. The first-order chi connectivity index (χ1) is 10.2. The van der Waals surface area contributed by atoms with Crippen molar-refractivity contribution in [2.75, 3.05) is 39.3 Å². The zero-order valence-electron chi connectivity index (χ0n) is 13.4. The Morgan fingerprint density at radius 3 is 2.71 bits per heavy atom. The summed E-state index contributed by atoms with van der Waals surface area (Å²) in [6, 6.07) is 0. The van der Waals surface area contributed by atoms with Gasteiger partial charge in [0.2, 0.25) is 5.88 Å². The predicted octanol–water partition coefficient (Wildman–Crippen LogP) is 2.66. The minimum absolute atomic E-state index is 0.485. The van der Waals surface area contributed by atoms with E-state index in [-0.39, 0.29) is 0 Å². The third-order valence-electron chi connectivity index (χ3n) is 3.70. The molecular formula is C15H27N3O2S. The minimum Gasteiger partial charge on any atom is -0.480 e. The highest BCUT2D eigenvalue weighted by Crippen LogP contribution is 2.30. The van der Waals surface area contributed by atoms with E-state index in [4.69, 9.17) is 9.47 Å². The Kier molecular flexibility index (Phi) is 6.73. The molecule has 120 valence electrons. The number of anilines is 1. The van der Waals surface area contributed by atoms with Crippen LogP contribution in [0.1, 0.15) is 37.0 Å². The second kappa shape index (κ2) is 8.56. The van der Waals surface area contributed by atoms with E-state index in [0.717, 1.165) is 35.6 Å². The molecule has 0 unspecified atom stereocenters. The highest BCUT2D eigenvalue weighted by Gasteiger charge is 2.14. The zero-order valence-corrected chi connectivity index (χ0v) is 14.2. The van der Waals surface area contributed by atoms with E-state index < -0.39 is 0 Å². The number of nitrogens with one attached hydrogen (secondary N) is 1. The molecule has 0 aliphatic heterocycles. The van der Waals surface area contributed by atoms with E-state index in [1.165, 1.54) is 32.1 Å². The summed E-state index contributed by atoms with van der Waals surface area (Å²) in [7, 11) is 5.66. The summed E-state index contributed by atoms with van der Waals surface area (Å²) in [5.74, 6) is 0.726. The number of methoxy groups -OCH3 is 1. The molecule has 1 aliphatic rings. The normalized spacial score (nSPS) is 16.1. The van der Waals surface area contributed by atoms with Crippen LogP contribution in [0.4, 0.5) is 5.13 Å². The van der Waals surface area contributed by atoms with Crippen molar-refractivity contribution in [2.45, 2.75) is 44.8 Å². The summed E-state index contributed by atoms with van der Waals surface area (Å²) in [6.45, 7) is 2.43. The Bertz CT molecular complexity index is 417. The lowest BCUT2D eigenvalue weighted by molar-refractivity contribution is 0.0302. The lowest BCUT2D eigenvalue weighted by atomic mass is 9.98. The molecule has 1 heterocycles. The Hall–Kier alpha value is -0.850. The van der Waals surface area contributed by atoms with Crippen molar-refractivity contribution in [1.82, 2.24) is 10.3 Å². The van der Waals surface area contributed by atoms with Gasteiger partial charge in [-0.3, -0.25) is 0 Å². The summed E-state index contributed by atoms with van der Waals surface area (Å²) in [5.41, 5.74) is 0. The van der Waals surface area contributed by atoms with Gasteiger partial charge in [0, 0.05) is 27.2 Å². The molecule has 0 spiro atoms. The van der Waals surface area contributed by atoms with Crippen LogP contribution in [-0.2, 0) is 11.3 Å². The second-order valence-electron chi connectivity index (χ2n) is 5.63. The van der Waals surface area contributed by atoms with Crippen molar-refractivity contribution < 1.29 is 9.47 Å². The van der Waals surface area contributed by atoms with Crippen LogP contribution in [0.25, 0.3) is 0 Å². The first-order valence-electron chi connectivity index (χ1n) is 7.74. The minimum atomic E-state index is 0.485. The molecule has 1 aromatic rings. The first kappa shape index (κ1) is 16.5. The van der Waals surface area contributed by atoms with Gasteiger partial charge in [-0.05, 0) is 12.8 Å². The maximum Gasteiger partial charge on any atom is 0.230 e. The lowest BCUT2D eigenvalue weighted by Gasteiger charge is -2.21. The maximum absolute atomic E-state index is 5.91. The van der Waals surface area contributed by atoms with E-state index in [9.17, 15) is 0 Å². The Morgan fingerprint density at radius 1 is 1.29 bits per heavy atom. The van der Waals surface area contributed by atoms with Crippen molar-refractivity contribution in [1.29, 1.82) is 0 Å². The van der Waals surface area contributed by atoms with Gasteiger partial charge >= 0.3 is 0 Å². The first-order valence-corrected chi connectivity index (χ1v) is 8.55. The van der Waals surface area contributed by atoms with E-state index in [1.807, 2.05) is 19.0 Å². The fourth-order valence-corrected chi connectivity index (χ4v) is 3.44. The standard InChI is InChI=1S/C15H27N3O2S/c1-18(2)15-17-14(19-3)13(21-15)11-16-9-10-20-12-7-5-4-6-8-12/h12,16H,4-11H2,1-3H3. The van der Waals surface area contributed by atoms with E-state index in [0.29, 0.717) is 6.10 Å². The van der Waals surface area contributed by atoms with Gasteiger partial charge in [0.25, 0.3) is 0 Å². The average molecular weight is 313 g/mol. The number of hydrogen-bond acceptors (Lipinski definition) is 6. The third-order valence-corrected chi connectivity index (χ3v) is 4.90. The molecule has 0 aromatic carbocycles. The van der Waals surface area contributed by atoms with Crippen LogP contribution >= 0.6 is 11.3 Å². The number of hydrogen-bond donors (Lipinski definition) is 1. The summed E-state index contributed by atoms with van der Waals surface area (Å²) in [4.78, 5) is 7.59. The SMILES string of the molecule is COc1nc(N(C)C)sc1CNCCOC1CCCCC1. The smallest absolute Gasteiger partial charge is 0.230 e. The quantitative estimate of drug-likeness (QED) is 0.748. The topological polar surface area (TPSA) is 46.6 Å². The molecule has 1 saturated carbocycles. The molecule has 1 aromatic heterocycles. The Balaban J connectivity index is 1.68. The van der Waals surface area contributed by atoms with Crippen LogP contribution in [0.15, 0.2) is 0 Å². The maximum atomic E-state index is 5.91. The lowest BCUT2D eigenvalue weighted by Crippen LogP contribution is -2.24. The number of nitrogens with zero attached hydrogens (tertiary/aromatic N) is 2. The van der Waals surface area contributed by atoms with Crippen LogP contribution in [0.2, 0.25) is 0 Å². The molecule has 1 aliphatic carbocycles. The van der Waals surface area contributed by atoms with Gasteiger partial charge in [-0.15, -0.1) is 0 Å². The number of aromatic nitrogens is 1. The van der Waals surface area contributed by atoms with Crippen LogP contribution in [0, 0.1) is 0 Å². The van der Waals surface area contributed by atoms with E-state index >= 15 is 0 Å². The average Bonchev–Trinajstić information content (AvgIpc) is 2.91. The van der Waals surface area contributed by atoms with Crippen molar-refractivity contribution in [2.24, 2.45) is 0 Å². The van der Waals surface area contributed by atoms with Crippen molar-refractivity contribution in [3.8, 4) is 5.88 Å².